The van der Waals surface area contributed by atoms with Crippen LogP contribution >= 0.6 is 0 Å². The number of hydrogen-bond donors (Lipinski definition) is 2. The highest BCUT2D eigenvalue weighted by molar-refractivity contribution is 5.20. The molecule has 0 spiro atoms. The molecule has 2 nitrogen and oxygen atoms in total. The van der Waals surface area contributed by atoms with Crippen LogP contribution in [-0.4, -0.2) is 22.4 Å². The van der Waals surface area contributed by atoms with Crippen LogP contribution in [0.5, 0.6) is 0 Å². The first kappa shape index (κ1) is 18.0. The summed E-state index contributed by atoms with van der Waals surface area (Å²) in [4.78, 5) is 0. The molecule has 4 aliphatic rings. The van der Waals surface area contributed by atoms with Crippen LogP contribution < -0.4 is 0 Å². The Balaban J connectivity index is 1.46. The number of allylic oxidation sites excluding steroid dienone is 1. The van der Waals surface area contributed by atoms with Gasteiger partial charge in [0, 0.05) is 0 Å². The number of rotatable bonds is 4. The fraction of sp³-hybridized carbons (Fsp3) is 0.913. The first-order valence-electron chi connectivity index (χ1n) is 11.0. The van der Waals surface area contributed by atoms with Crippen molar-refractivity contribution in [1.82, 2.24) is 0 Å². The predicted octanol–water partition coefficient (Wildman–Crippen LogP) is 5.09. The normalized spacial score (nSPS) is 47.4. The highest BCUT2D eigenvalue weighted by Gasteiger charge is 2.55. The highest BCUT2D eigenvalue weighted by Crippen LogP contribution is 2.64. The van der Waals surface area contributed by atoms with Crippen LogP contribution in [-0.2, 0) is 0 Å². The molecule has 0 heterocycles. The molecular weight excluding hydrogens is 308 g/mol. The molecule has 0 aliphatic heterocycles. The molecule has 0 bridgehead atoms. The van der Waals surface area contributed by atoms with Gasteiger partial charge in [-0.15, -0.1) is 0 Å². The highest BCUT2D eigenvalue weighted by atomic mass is 16.3. The zero-order chi connectivity index (χ0) is 17.6. The van der Waals surface area contributed by atoms with E-state index in [2.05, 4.69) is 13.0 Å². The second kappa shape index (κ2) is 7.00. The molecule has 0 amide bonds. The van der Waals surface area contributed by atoms with Crippen molar-refractivity contribution in [3.63, 3.8) is 0 Å². The summed E-state index contributed by atoms with van der Waals surface area (Å²) in [6.45, 7) is 4.54. The van der Waals surface area contributed by atoms with Crippen molar-refractivity contribution in [1.29, 1.82) is 0 Å². The van der Waals surface area contributed by atoms with E-state index in [4.69, 9.17) is 0 Å². The molecule has 3 fully saturated rings. The lowest BCUT2D eigenvalue weighted by atomic mass is 9.51. The van der Waals surface area contributed by atoms with Gasteiger partial charge in [-0.3, -0.25) is 0 Å². The summed E-state index contributed by atoms with van der Waals surface area (Å²) in [5.41, 5.74) is 2.16. The summed E-state index contributed by atoms with van der Waals surface area (Å²) in [5, 5.41) is 19.6. The van der Waals surface area contributed by atoms with Crippen LogP contribution in [0.25, 0.3) is 0 Å². The third-order valence-electron chi connectivity index (χ3n) is 8.79. The minimum absolute atomic E-state index is 0.0716. The van der Waals surface area contributed by atoms with E-state index in [9.17, 15) is 10.2 Å². The van der Waals surface area contributed by atoms with E-state index in [1.165, 1.54) is 51.4 Å². The average molecular weight is 347 g/mol. The lowest BCUT2D eigenvalue weighted by Gasteiger charge is -2.54. The van der Waals surface area contributed by atoms with Crippen LogP contribution in [0.3, 0.4) is 0 Å². The minimum Gasteiger partial charge on any atom is -0.393 e. The Morgan fingerprint density at radius 3 is 2.80 bits per heavy atom. The molecule has 0 aromatic carbocycles. The fourth-order valence-corrected chi connectivity index (χ4v) is 7.49. The lowest BCUT2D eigenvalue weighted by Crippen LogP contribution is -2.46. The topological polar surface area (TPSA) is 40.5 Å². The van der Waals surface area contributed by atoms with E-state index < -0.39 is 0 Å². The van der Waals surface area contributed by atoms with Crippen LogP contribution in [0.1, 0.15) is 84.5 Å². The van der Waals surface area contributed by atoms with Crippen molar-refractivity contribution >= 4 is 0 Å². The summed E-state index contributed by atoms with van der Waals surface area (Å²) in [6.07, 6.45) is 16.0. The average Bonchev–Trinajstić information content (AvgIpc) is 2.91. The summed E-state index contributed by atoms with van der Waals surface area (Å²) in [6, 6.07) is 0. The van der Waals surface area contributed by atoms with E-state index in [1.807, 2.05) is 6.92 Å². The van der Waals surface area contributed by atoms with Gasteiger partial charge in [0.15, 0.2) is 0 Å². The summed E-state index contributed by atoms with van der Waals surface area (Å²) < 4.78 is 0. The molecule has 2 N–H and O–H groups in total. The largest absolute Gasteiger partial charge is 0.393 e. The summed E-state index contributed by atoms with van der Waals surface area (Å²) in [7, 11) is 0. The van der Waals surface area contributed by atoms with E-state index in [0.29, 0.717) is 5.41 Å². The van der Waals surface area contributed by atoms with Crippen molar-refractivity contribution in [2.24, 2.45) is 35.0 Å². The lowest BCUT2D eigenvalue weighted by molar-refractivity contribution is -0.0204. The molecule has 0 saturated heterocycles. The van der Waals surface area contributed by atoms with Gasteiger partial charge in [0.25, 0.3) is 0 Å². The molecule has 3 saturated carbocycles. The van der Waals surface area contributed by atoms with Gasteiger partial charge >= 0.3 is 0 Å². The monoisotopic (exact) mass is 346 g/mol. The quantitative estimate of drug-likeness (QED) is 0.696. The zero-order valence-corrected chi connectivity index (χ0v) is 16.3. The van der Waals surface area contributed by atoms with Gasteiger partial charge in [-0.1, -0.05) is 25.0 Å². The number of fused-ring (bicyclic) bond motifs is 5. The zero-order valence-electron chi connectivity index (χ0n) is 16.3. The van der Waals surface area contributed by atoms with Gasteiger partial charge in [0.2, 0.25) is 0 Å². The van der Waals surface area contributed by atoms with E-state index >= 15 is 0 Å². The molecule has 0 radical (unpaired) electrons. The Hall–Kier alpha value is -0.340. The molecule has 8 unspecified atom stereocenters. The van der Waals surface area contributed by atoms with Gasteiger partial charge < -0.3 is 10.2 Å². The van der Waals surface area contributed by atoms with E-state index in [0.717, 1.165) is 48.9 Å². The van der Waals surface area contributed by atoms with Crippen molar-refractivity contribution in [3.8, 4) is 0 Å². The molecule has 142 valence electrons. The van der Waals surface area contributed by atoms with Crippen LogP contribution in [0.4, 0.5) is 0 Å². The van der Waals surface area contributed by atoms with Crippen molar-refractivity contribution in [2.75, 3.05) is 0 Å². The van der Waals surface area contributed by atoms with Crippen molar-refractivity contribution in [2.45, 2.75) is 96.7 Å². The third kappa shape index (κ3) is 3.23. The maximum Gasteiger partial charge on any atom is 0.0577 e. The Bertz CT molecular complexity index is 510. The minimum atomic E-state index is -0.135. The van der Waals surface area contributed by atoms with Crippen LogP contribution in [0.2, 0.25) is 0 Å². The van der Waals surface area contributed by atoms with Crippen molar-refractivity contribution in [3.05, 3.63) is 11.6 Å². The standard InChI is InChI=1S/C23H38O2/c1-15(24)4-3-5-17-7-11-22-21-9-6-16-14-18(25)8-10-19(16)20(21)12-13-23(17,22)2/h6,15,17-22,24-25H,3-5,7-14H2,1-2H3. The molecule has 4 rings (SSSR count). The Morgan fingerprint density at radius 2 is 2.00 bits per heavy atom. The molecular formula is C23H38O2. The van der Waals surface area contributed by atoms with Crippen LogP contribution in [0, 0.1) is 35.0 Å². The smallest absolute Gasteiger partial charge is 0.0577 e. The maximum atomic E-state index is 10.0. The maximum absolute atomic E-state index is 10.0. The van der Waals surface area contributed by atoms with Gasteiger partial charge in [0.1, 0.15) is 0 Å². The molecule has 0 aromatic rings. The van der Waals surface area contributed by atoms with Crippen molar-refractivity contribution < 1.29 is 10.2 Å². The Labute approximate surface area is 154 Å². The van der Waals surface area contributed by atoms with Gasteiger partial charge in [-0.25, -0.2) is 0 Å². The SMILES string of the molecule is CC(O)CCCC1CCC2C3CC=C4CC(O)CCC4C3CCC12C. The molecule has 4 aliphatic carbocycles. The fourth-order valence-electron chi connectivity index (χ4n) is 7.49. The molecule has 2 heteroatoms. The van der Waals surface area contributed by atoms with Gasteiger partial charge in [0.05, 0.1) is 12.2 Å². The second-order valence-electron chi connectivity index (χ2n) is 10.1. The first-order valence-corrected chi connectivity index (χ1v) is 11.0. The predicted molar refractivity (Wildman–Crippen MR) is 102 cm³/mol. The van der Waals surface area contributed by atoms with Crippen LogP contribution in [0.15, 0.2) is 11.6 Å². The number of aliphatic hydroxyl groups is 2. The Kier molecular flexibility index (Phi) is 5.05. The second-order valence-corrected chi connectivity index (χ2v) is 10.1. The van der Waals surface area contributed by atoms with E-state index in [-0.39, 0.29) is 12.2 Å². The third-order valence-corrected chi connectivity index (χ3v) is 8.79. The first-order chi connectivity index (χ1) is 12.0. The van der Waals surface area contributed by atoms with Gasteiger partial charge in [-0.05, 0) is 106 Å². The molecule has 8 atom stereocenters. The van der Waals surface area contributed by atoms with Gasteiger partial charge in [-0.2, -0.15) is 0 Å². The Morgan fingerprint density at radius 1 is 1.16 bits per heavy atom. The molecule has 25 heavy (non-hydrogen) atoms. The summed E-state index contributed by atoms with van der Waals surface area (Å²) in [5.74, 6) is 4.41. The molecule has 0 aromatic heterocycles. The summed E-state index contributed by atoms with van der Waals surface area (Å²) >= 11 is 0. The number of hydrogen-bond acceptors (Lipinski definition) is 2. The van der Waals surface area contributed by atoms with E-state index in [1.54, 1.807) is 5.57 Å². The number of aliphatic hydroxyl groups excluding tert-OH is 2.